The molecule has 2 aliphatic carbocycles. The number of carbonyl (C=O) groups excluding carboxylic acids is 2. The molecule has 0 aliphatic heterocycles. The summed E-state index contributed by atoms with van der Waals surface area (Å²) in [6.45, 7) is 5.43. The maximum absolute atomic E-state index is 12.4. The van der Waals surface area contributed by atoms with Gasteiger partial charge in [0, 0.05) is 12.3 Å². The van der Waals surface area contributed by atoms with Crippen LogP contribution in [0.25, 0.3) is 0 Å². The highest BCUT2D eigenvalue weighted by molar-refractivity contribution is 6.04. The van der Waals surface area contributed by atoms with Crippen LogP contribution in [0.4, 0.5) is 0 Å². The lowest BCUT2D eigenvalue weighted by atomic mass is 9.60. The van der Waals surface area contributed by atoms with E-state index in [2.05, 4.69) is 0 Å². The Bertz CT molecular complexity index is 488. The Morgan fingerprint density at radius 2 is 2.05 bits per heavy atom. The molecule has 0 heterocycles. The molecule has 1 fully saturated rings. The van der Waals surface area contributed by atoms with Crippen molar-refractivity contribution in [3.05, 3.63) is 11.1 Å². The molecule has 3 atom stereocenters. The molecule has 0 aromatic heterocycles. The number of rotatable bonds is 2. The summed E-state index contributed by atoms with van der Waals surface area (Å²) in [7, 11) is 0. The number of carbonyl (C=O) groups is 3. The molecule has 2 aliphatic rings. The fraction of sp³-hybridized carbons (Fsp3) is 0.667. The Hall–Kier alpha value is -1.45. The highest BCUT2D eigenvalue weighted by atomic mass is 16.4. The van der Waals surface area contributed by atoms with E-state index in [0.717, 1.165) is 5.57 Å². The van der Waals surface area contributed by atoms with Gasteiger partial charge in [-0.15, -0.1) is 0 Å². The molecule has 0 aromatic carbocycles. The summed E-state index contributed by atoms with van der Waals surface area (Å²) in [5.74, 6) is -1.77. The number of carboxylic acids is 1. The molecule has 0 radical (unpaired) electrons. The van der Waals surface area contributed by atoms with Crippen LogP contribution in [0.3, 0.4) is 0 Å². The van der Waals surface area contributed by atoms with Crippen molar-refractivity contribution in [3.8, 4) is 0 Å². The first kappa shape index (κ1) is 14.0. The van der Waals surface area contributed by atoms with Crippen LogP contribution < -0.4 is 0 Å². The Labute approximate surface area is 112 Å². The number of aliphatic carboxylic acids is 1. The standard InChI is InChI=1S/C15H20O4/c1-4-10-9(3)13(17)8(2)7-15(10)11(14(18)19)5-6-12(15)16/h8,11H,4-7H2,1-3H3,(H,18,19)/t8-,11+,15+/m1/s1. The molecule has 0 unspecified atom stereocenters. The number of carboxylic acid groups (broad SMARTS) is 1. The number of Topliss-reactive ketones (excluding diaryl/α,β-unsaturated/α-hetero) is 2. The summed E-state index contributed by atoms with van der Waals surface area (Å²) in [6, 6.07) is 0. The van der Waals surface area contributed by atoms with Crippen LogP contribution in [0.5, 0.6) is 0 Å². The van der Waals surface area contributed by atoms with Gasteiger partial charge in [0.2, 0.25) is 0 Å². The van der Waals surface area contributed by atoms with Crippen molar-refractivity contribution in [3.63, 3.8) is 0 Å². The van der Waals surface area contributed by atoms with Gasteiger partial charge in [0.1, 0.15) is 5.78 Å². The van der Waals surface area contributed by atoms with Crippen LogP contribution in [0.2, 0.25) is 0 Å². The maximum Gasteiger partial charge on any atom is 0.307 e. The van der Waals surface area contributed by atoms with E-state index in [1.807, 2.05) is 6.92 Å². The molecule has 4 nitrogen and oxygen atoms in total. The van der Waals surface area contributed by atoms with Crippen molar-refractivity contribution in [2.24, 2.45) is 17.3 Å². The Kier molecular flexibility index (Phi) is 3.37. The molecule has 1 N–H and O–H groups in total. The summed E-state index contributed by atoms with van der Waals surface area (Å²) < 4.78 is 0. The normalized spacial score (nSPS) is 35.3. The van der Waals surface area contributed by atoms with Crippen LogP contribution in [-0.4, -0.2) is 22.6 Å². The van der Waals surface area contributed by atoms with Gasteiger partial charge in [0.05, 0.1) is 11.3 Å². The first-order chi connectivity index (χ1) is 8.86. The third-order valence-electron chi connectivity index (χ3n) is 4.84. The molecule has 0 amide bonds. The van der Waals surface area contributed by atoms with Crippen molar-refractivity contribution >= 4 is 17.5 Å². The molecule has 1 spiro atoms. The lowest BCUT2D eigenvalue weighted by Gasteiger charge is -2.41. The summed E-state index contributed by atoms with van der Waals surface area (Å²) >= 11 is 0. The highest BCUT2D eigenvalue weighted by Crippen LogP contribution is 2.54. The second-order valence-corrected chi connectivity index (χ2v) is 5.75. The minimum absolute atomic E-state index is 0.00968. The summed E-state index contributed by atoms with van der Waals surface area (Å²) in [5, 5.41) is 9.44. The van der Waals surface area contributed by atoms with E-state index in [0.29, 0.717) is 31.3 Å². The fourth-order valence-electron chi connectivity index (χ4n) is 4.04. The number of hydrogen-bond acceptors (Lipinski definition) is 3. The fourth-order valence-corrected chi connectivity index (χ4v) is 4.04. The smallest absolute Gasteiger partial charge is 0.307 e. The van der Waals surface area contributed by atoms with Gasteiger partial charge in [0.25, 0.3) is 0 Å². The minimum atomic E-state index is -0.919. The first-order valence-corrected chi connectivity index (χ1v) is 6.86. The Balaban J connectivity index is 2.65. The van der Waals surface area contributed by atoms with Gasteiger partial charge in [0.15, 0.2) is 5.78 Å². The van der Waals surface area contributed by atoms with Gasteiger partial charge in [-0.1, -0.05) is 13.8 Å². The van der Waals surface area contributed by atoms with Crippen LogP contribution in [0.1, 0.15) is 46.5 Å². The molecule has 0 aromatic rings. The lowest BCUT2D eigenvalue weighted by molar-refractivity contribution is -0.148. The van der Waals surface area contributed by atoms with Gasteiger partial charge >= 0.3 is 5.97 Å². The second kappa shape index (κ2) is 4.58. The average Bonchev–Trinajstić information content (AvgIpc) is 2.66. The van der Waals surface area contributed by atoms with E-state index in [-0.39, 0.29) is 17.5 Å². The molecule has 19 heavy (non-hydrogen) atoms. The predicted molar refractivity (Wildman–Crippen MR) is 69.6 cm³/mol. The van der Waals surface area contributed by atoms with E-state index < -0.39 is 17.3 Å². The van der Waals surface area contributed by atoms with Crippen molar-refractivity contribution < 1.29 is 19.5 Å². The third-order valence-corrected chi connectivity index (χ3v) is 4.84. The molecule has 0 bridgehead atoms. The van der Waals surface area contributed by atoms with Crippen LogP contribution in [-0.2, 0) is 14.4 Å². The number of allylic oxidation sites excluding steroid dienone is 2. The van der Waals surface area contributed by atoms with E-state index >= 15 is 0 Å². The van der Waals surface area contributed by atoms with Gasteiger partial charge in [-0.2, -0.15) is 0 Å². The molecule has 2 rings (SSSR count). The third kappa shape index (κ3) is 1.77. The predicted octanol–water partition coefficient (Wildman–Crippen LogP) is 2.37. The first-order valence-electron chi connectivity index (χ1n) is 6.86. The van der Waals surface area contributed by atoms with E-state index in [4.69, 9.17) is 0 Å². The summed E-state index contributed by atoms with van der Waals surface area (Å²) in [6.07, 6.45) is 1.64. The lowest BCUT2D eigenvalue weighted by Crippen LogP contribution is -2.45. The molecule has 104 valence electrons. The van der Waals surface area contributed by atoms with Crippen molar-refractivity contribution in [1.29, 1.82) is 0 Å². The second-order valence-electron chi connectivity index (χ2n) is 5.75. The summed E-state index contributed by atoms with van der Waals surface area (Å²) in [4.78, 5) is 36.0. The van der Waals surface area contributed by atoms with Gasteiger partial charge in [-0.25, -0.2) is 0 Å². The Morgan fingerprint density at radius 3 is 2.58 bits per heavy atom. The van der Waals surface area contributed by atoms with Crippen LogP contribution >= 0.6 is 0 Å². The van der Waals surface area contributed by atoms with E-state index in [1.54, 1.807) is 13.8 Å². The quantitative estimate of drug-likeness (QED) is 0.831. The van der Waals surface area contributed by atoms with Gasteiger partial charge < -0.3 is 5.11 Å². The zero-order valence-electron chi connectivity index (χ0n) is 11.7. The minimum Gasteiger partial charge on any atom is -0.481 e. The van der Waals surface area contributed by atoms with Crippen molar-refractivity contribution in [1.82, 2.24) is 0 Å². The molecular formula is C15H20O4. The van der Waals surface area contributed by atoms with Gasteiger partial charge in [-0.05, 0) is 37.3 Å². The van der Waals surface area contributed by atoms with Gasteiger partial charge in [-0.3, -0.25) is 14.4 Å². The molecular weight excluding hydrogens is 244 g/mol. The SMILES string of the molecule is CCC1=C(C)C(=O)[C@H](C)C[C@]12C(=O)CC[C@H]2C(=O)O. The van der Waals surface area contributed by atoms with E-state index in [1.165, 1.54) is 0 Å². The average molecular weight is 264 g/mol. The molecule has 1 saturated carbocycles. The largest absolute Gasteiger partial charge is 0.481 e. The van der Waals surface area contributed by atoms with Crippen molar-refractivity contribution in [2.45, 2.75) is 46.5 Å². The molecule has 0 saturated heterocycles. The molecule has 4 heteroatoms. The van der Waals surface area contributed by atoms with E-state index in [9.17, 15) is 19.5 Å². The zero-order chi connectivity index (χ0) is 14.4. The zero-order valence-corrected chi connectivity index (χ0v) is 11.7. The van der Waals surface area contributed by atoms with Crippen LogP contribution in [0.15, 0.2) is 11.1 Å². The van der Waals surface area contributed by atoms with Crippen molar-refractivity contribution in [2.75, 3.05) is 0 Å². The number of hydrogen-bond donors (Lipinski definition) is 1. The maximum atomic E-state index is 12.4. The number of ketones is 2. The Morgan fingerprint density at radius 1 is 1.42 bits per heavy atom. The monoisotopic (exact) mass is 264 g/mol. The van der Waals surface area contributed by atoms with Crippen LogP contribution in [0, 0.1) is 17.3 Å². The highest BCUT2D eigenvalue weighted by Gasteiger charge is 2.58. The summed E-state index contributed by atoms with van der Waals surface area (Å²) in [5.41, 5.74) is 0.464. The topological polar surface area (TPSA) is 71.4 Å².